The van der Waals surface area contributed by atoms with Gasteiger partial charge in [-0.1, -0.05) is 0 Å². The lowest BCUT2D eigenvalue weighted by Crippen LogP contribution is -2.19. The van der Waals surface area contributed by atoms with Crippen LogP contribution in [0.3, 0.4) is 0 Å². The molecule has 1 aromatic carbocycles. The molecule has 0 saturated heterocycles. The molecule has 0 amide bonds. The monoisotopic (exact) mass is 220 g/mol. The van der Waals surface area contributed by atoms with Crippen LogP contribution in [0.4, 0.5) is 5.69 Å². The van der Waals surface area contributed by atoms with Crippen LogP contribution in [-0.2, 0) is 0 Å². The minimum atomic E-state index is 0.133. The highest BCUT2D eigenvalue weighted by Crippen LogP contribution is 2.23. The average molecular weight is 220 g/mol. The van der Waals surface area contributed by atoms with Gasteiger partial charge in [-0.15, -0.1) is 0 Å². The van der Waals surface area contributed by atoms with Gasteiger partial charge < -0.3 is 10.2 Å². The lowest BCUT2D eigenvalue weighted by atomic mass is 10.0. The Morgan fingerprint density at radius 2 is 1.94 bits per heavy atom. The van der Waals surface area contributed by atoms with E-state index in [2.05, 4.69) is 12.2 Å². The van der Waals surface area contributed by atoms with Gasteiger partial charge in [0, 0.05) is 25.3 Å². The molecule has 1 rings (SSSR count). The second kappa shape index (κ2) is 5.12. The van der Waals surface area contributed by atoms with Crippen LogP contribution in [-0.4, -0.2) is 33.5 Å². The first-order valence-corrected chi connectivity index (χ1v) is 5.43. The molecule has 0 bridgehead atoms. The number of likely N-dealkylation sites (N-methyl/N-ethyl adjacent to an activating group) is 1. The molecule has 0 spiro atoms. The molecule has 0 aliphatic carbocycles. The van der Waals surface area contributed by atoms with E-state index in [1.165, 1.54) is 5.56 Å². The number of rotatable bonds is 4. The van der Waals surface area contributed by atoms with Crippen molar-refractivity contribution in [2.45, 2.75) is 13.8 Å². The van der Waals surface area contributed by atoms with Crippen LogP contribution in [0.25, 0.3) is 0 Å². The van der Waals surface area contributed by atoms with Crippen LogP contribution >= 0.6 is 0 Å². The zero-order valence-corrected chi connectivity index (χ0v) is 10.7. The summed E-state index contributed by atoms with van der Waals surface area (Å²) in [6, 6.07) is 3.92. The second-order valence-electron chi connectivity index (χ2n) is 4.29. The van der Waals surface area contributed by atoms with E-state index in [0.717, 1.165) is 16.8 Å². The highest BCUT2D eigenvalue weighted by atomic mass is 16.1. The van der Waals surface area contributed by atoms with Gasteiger partial charge in [0.1, 0.15) is 0 Å². The Balaban J connectivity index is 3.18. The zero-order chi connectivity index (χ0) is 12.3. The maximum atomic E-state index is 11.8. The average Bonchev–Trinajstić information content (AvgIpc) is 2.21. The van der Waals surface area contributed by atoms with Gasteiger partial charge in [0.05, 0.1) is 6.54 Å². The first kappa shape index (κ1) is 12.7. The van der Waals surface area contributed by atoms with Crippen molar-refractivity contribution in [2.24, 2.45) is 0 Å². The molecule has 0 aromatic heterocycles. The van der Waals surface area contributed by atoms with Crippen molar-refractivity contribution in [1.82, 2.24) is 5.32 Å². The van der Waals surface area contributed by atoms with Crippen molar-refractivity contribution in [3.8, 4) is 0 Å². The SMILES string of the molecule is CNCC(=O)c1cc(C)c(C)c(N(C)C)c1. The molecular weight excluding hydrogens is 200 g/mol. The molecule has 0 aliphatic heterocycles. The maximum absolute atomic E-state index is 11.8. The van der Waals surface area contributed by atoms with Gasteiger partial charge in [0.2, 0.25) is 0 Å². The van der Waals surface area contributed by atoms with E-state index in [1.54, 1.807) is 7.05 Å². The zero-order valence-electron chi connectivity index (χ0n) is 10.7. The quantitative estimate of drug-likeness (QED) is 0.785. The maximum Gasteiger partial charge on any atom is 0.176 e. The van der Waals surface area contributed by atoms with E-state index >= 15 is 0 Å². The summed E-state index contributed by atoms with van der Waals surface area (Å²) in [5, 5.41) is 2.89. The minimum absolute atomic E-state index is 0.133. The van der Waals surface area contributed by atoms with Crippen LogP contribution in [0, 0.1) is 13.8 Å². The Bertz CT molecular complexity index is 397. The number of carbonyl (C=O) groups excluding carboxylic acids is 1. The molecular formula is C13H20N2O. The van der Waals surface area contributed by atoms with Gasteiger partial charge in [-0.25, -0.2) is 0 Å². The number of benzene rings is 1. The Hall–Kier alpha value is -1.35. The fourth-order valence-electron chi connectivity index (χ4n) is 1.73. The van der Waals surface area contributed by atoms with Crippen LogP contribution in [0.1, 0.15) is 21.5 Å². The summed E-state index contributed by atoms with van der Waals surface area (Å²) in [7, 11) is 5.77. The summed E-state index contributed by atoms with van der Waals surface area (Å²) in [4.78, 5) is 13.8. The van der Waals surface area contributed by atoms with E-state index < -0.39 is 0 Å². The van der Waals surface area contributed by atoms with Gasteiger partial charge in [0.25, 0.3) is 0 Å². The molecule has 0 unspecified atom stereocenters. The number of ketones is 1. The molecule has 0 radical (unpaired) electrons. The number of nitrogens with zero attached hydrogens (tertiary/aromatic N) is 1. The fourth-order valence-corrected chi connectivity index (χ4v) is 1.73. The minimum Gasteiger partial charge on any atom is -0.377 e. The predicted octanol–water partition coefficient (Wildman–Crippen LogP) is 1.77. The smallest absolute Gasteiger partial charge is 0.176 e. The molecule has 1 aromatic rings. The van der Waals surface area contributed by atoms with Gasteiger partial charge in [-0.05, 0) is 44.2 Å². The largest absolute Gasteiger partial charge is 0.377 e. The van der Waals surface area contributed by atoms with Crippen molar-refractivity contribution in [3.63, 3.8) is 0 Å². The number of hydrogen-bond acceptors (Lipinski definition) is 3. The lowest BCUT2D eigenvalue weighted by molar-refractivity contribution is 0.0993. The summed E-state index contributed by atoms with van der Waals surface area (Å²) >= 11 is 0. The van der Waals surface area contributed by atoms with Crippen molar-refractivity contribution in [2.75, 3.05) is 32.6 Å². The molecule has 3 heteroatoms. The normalized spacial score (nSPS) is 10.3. The van der Waals surface area contributed by atoms with E-state index in [1.807, 2.05) is 38.1 Å². The number of Topliss-reactive ketones (excluding diaryl/α,β-unsaturated/α-hetero) is 1. The van der Waals surface area contributed by atoms with Crippen LogP contribution in [0.5, 0.6) is 0 Å². The van der Waals surface area contributed by atoms with Crippen LogP contribution in [0.15, 0.2) is 12.1 Å². The van der Waals surface area contributed by atoms with Crippen molar-refractivity contribution in [1.29, 1.82) is 0 Å². The fraction of sp³-hybridized carbons (Fsp3) is 0.462. The second-order valence-corrected chi connectivity index (χ2v) is 4.29. The Morgan fingerprint density at radius 3 is 2.44 bits per heavy atom. The molecule has 0 fully saturated rings. The topological polar surface area (TPSA) is 32.3 Å². The van der Waals surface area contributed by atoms with E-state index in [9.17, 15) is 4.79 Å². The van der Waals surface area contributed by atoms with Gasteiger partial charge in [-0.2, -0.15) is 0 Å². The molecule has 16 heavy (non-hydrogen) atoms. The third-order valence-electron chi connectivity index (χ3n) is 2.78. The van der Waals surface area contributed by atoms with Crippen LogP contribution < -0.4 is 10.2 Å². The molecule has 0 aliphatic rings. The van der Waals surface area contributed by atoms with Crippen LogP contribution in [0.2, 0.25) is 0 Å². The third-order valence-corrected chi connectivity index (χ3v) is 2.78. The number of carbonyl (C=O) groups is 1. The Kier molecular flexibility index (Phi) is 4.07. The summed E-state index contributed by atoms with van der Waals surface area (Å²) in [6.45, 7) is 4.50. The third kappa shape index (κ3) is 2.61. The van der Waals surface area contributed by atoms with E-state index in [-0.39, 0.29) is 5.78 Å². The molecule has 0 heterocycles. The first-order valence-electron chi connectivity index (χ1n) is 5.43. The standard InChI is InChI=1S/C13H20N2O/c1-9-6-11(13(16)8-14-3)7-12(10(9)2)15(4)5/h6-7,14H,8H2,1-5H3. The number of aryl methyl sites for hydroxylation is 1. The number of hydrogen-bond donors (Lipinski definition) is 1. The number of anilines is 1. The molecule has 1 N–H and O–H groups in total. The predicted molar refractivity (Wildman–Crippen MR) is 68.5 cm³/mol. The van der Waals surface area contributed by atoms with Crippen molar-refractivity contribution in [3.05, 3.63) is 28.8 Å². The summed E-state index contributed by atoms with van der Waals surface area (Å²) in [6.07, 6.45) is 0. The molecule has 0 saturated carbocycles. The van der Waals surface area contributed by atoms with Gasteiger partial charge >= 0.3 is 0 Å². The van der Waals surface area contributed by atoms with Crippen molar-refractivity contribution < 1.29 is 4.79 Å². The molecule has 3 nitrogen and oxygen atoms in total. The van der Waals surface area contributed by atoms with Crippen molar-refractivity contribution >= 4 is 11.5 Å². The molecule has 88 valence electrons. The van der Waals surface area contributed by atoms with Gasteiger partial charge in [-0.3, -0.25) is 4.79 Å². The highest BCUT2D eigenvalue weighted by molar-refractivity contribution is 5.98. The van der Waals surface area contributed by atoms with E-state index in [0.29, 0.717) is 6.54 Å². The van der Waals surface area contributed by atoms with Gasteiger partial charge in [0.15, 0.2) is 5.78 Å². The summed E-state index contributed by atoms with van der Waals surface area (Å²) < 4.78 is 0. The Morgan fingerprint density at radius 1 is 1.31 bits per heavy atom. The van der Waals surface area contributed by atoms with E-state index in [4.69, 9.17) is 0 Å². The summed E-state index contributed by atoms with van der Waals surface area (Å²) in [5.41, 5.74) is 4.28. The first-order chi connectivity index (χ1) is 7.47. The molecule has 0 atom stereocenters. The highest BCUT2D eigenvalue weighted by Gasteiger charge is 2.10. The lowest BCUT2D eigenvalue weighted by Gasteiger charge is -2.18. The summed E-state index contributed by atoms with van der Waals surface area (Å²) in [5.74, 6) is 0.133. The number of nitrogens with one attached hydrogen (secondary N) is 1. The Labute approximate surface area is 97.5 Å².